The molecule has 0 rings (SSSR count). The summed E-state index contributed by atoms with van der Waals surface area (Å²) in [5.74, 6) is 0. The van der Waals surface area contributed by atoms with E-state index in [0.29, 0.717) is 12.8 Å². The zero-order valence-corrected chi connectivity index (χ0v) is 8.85. The lowest BCUT2D eigenvalue weighted by Crippen LogP contribution is -2.17. The minimum atomic E-state index is -0.863. The molecular formula is C10H22O4. The van der Waals surface area contributed by atoms with E-state index in [-0.39, 0.29) is 19.3 Å². The zero-order chi connectivity index (χ0) is 10.8. The van der Waals surface area contributed by atoms with Crippen LogP contribution in [0.25, 0.3) is 0 Å². The van der Waals surface area contributed by atoms with Crippen molar-refractivity contribution >= 4 is 0 Å². The Morgan fingerprint density at radius 1 is 1.14 bits per heavy atom. The summed E-state index contributed by atoms with van der Waals surface area (Å²) < 4.78 is 4.84. The first kappa shape index (κ1) is 13.8. The molecule has 0 aromatic carbocycles. The normalized spacial score (nSPS) is 15.4. The van der Waals surface area contributed by atoms with E-state index in [1.807, 2.05) is 0 Å². The van der Waals surface area contributed by atoms with E-state index in [2.05, 4.69) is 6.92 Å². The monoisotopic (exact) mass is 206 g/mol. The fourth-order valence-corrected chi connectivity index (χ4v) is 1.19. The molecule has 4 heteroatoms. The lowest BCUT2D eigenvalue weighted by atomic mass is 10.1. The minimum absolute atomic E-state index is 0.0878. The average Bonchev–Trinajstić information content (AvgIpc) is 2.20. The Morgan fingerprint density at radius 3 is 2.43 bits per heavy atom. The maximum Gasteiger partial charge on any atom is 0.154 e. The summed E-state index contributed by atoms with van der Waals surface area (Å²) in [6.07, 6.45) is 2.62. The molecule has 3 N–H and O–H groups in total. The summed E-state index contributed by atoms with van der Waals surface area (Å²) in [6.45, 7) is 2.13. The van der Waals surface area contributed by atoms with Crippen molar-refractivity contribution in [2.24, 2.45) is 0 Å². The first-order valence-electron chi connectivity index (χ1n) is 5.29. The van der Waals surface area contributed by atoms with Gasteiger partial charge in [-0.1, -0.05) is 19.8 Å². The Balaban J connectivity index is 3.31. The molecule has 4 nitrogen and oxygen atoms in total. The van der Waals surface area contributed by atoms with Crippen LogP contribution in [0.4, 0.5) is 0 Å². The standard InChI is InChI=1S/C10H22O4/c1-2-3-4-9(12)5-6-10(13)14-8-7-11/h9-13H,2-8H2,1H3. The first-order chi connectivity index (χ1) is 6.70. The molecule has 0 aliphatic rings. The van der Waals surface area contributed by atoms with Crippen molar-refractivity contribution in [3.05, 3.63) is 0 Å². The van der Waals surface area contributed by atoms with Gasteiger partial charge in [-0.2, -0.15) is 0 Å². The molecular weight excluding hydrogens is 184 g/mol. The van der Waals surface area contributed by atoms with Gasteiger partial charge in [0.2, 0.25) is 0 Å². The molecule has 86 valence electrons. The summed E-state index contributed by atoms with van der Waals surface area (Å²) in [5, 5.41) is 27.1. The topological polar surface area (TPSA) is 69.9 Å². The van der Waals surface area contributed by atoms with E-state index in [4.69, 9.17) is 9.84 Å². The first-order valence-corrected chi connectivity index (χ1v) is 5.29. The van der Waals surface area contributed by atoms with Gasteiger partial charge in [0, 0.05) is 6.42 Å². The van der Waals surface area contributed by atoms with Crippen molar-refractivity contribution in [2.45, 2.75) is 51.4 Å². The quantitative estimate of drug-likeness (QED) is 0.484. The second-order valence-corrected chi connectivity index (χ2v) is 3.42. The molecule has 0 aliphatic carbocycles. The Bertz CT molecular complexity index is 105. The number of unbranched alkanes of at least 4 members (excludes halogenated alkanes) is 1. The second kappa shape index (κ2) is 9.40. The van der Waals surface area contributed by atoms with Gasteiger partial charge in [-0.15, -0.1) is 0 Å². The summed E-state index contributed by atoms with van der Waals surface area (Å²) in [7, 11) is 0. The number of aliphatic hydroxyl groups is 3. The van der Waals surface area contributed by atoms with Crippen molar-refractivity contribution in [2.75, 3.05) is 13.2 Å². The molecule has 0 radical (unpaired) electrons. The zero-order valence-electron chi connectivity index (χ0n) is 8.85. The van der Waals surface area contributed by atoms with Crippen LogP contribution < -0.4 is 0 Å². The van der Waals surface area contributed by atoms with Gasteiger partial charge in [0.25, 0.3) is 0 Å². The molecule has 0 aromatic heterocycles. The summed E-state index contributed by atoms with van der Waals surface area (Å²) in [5.41, 5.74) is 0. The number of hydrogen-bond donors (Lipinski definition) is 3. The van der Waals surface area contributed by atoms with Crippen LogP contribution in [0.3, 0.4) is 0 Å². The van der Waals surface area contributed by atoms with E-state index in [1.54, 1.807) is 0 Å². The SMILES string of the molecule is CCCCC(O)CCC(O)OCCO. The molecule has 0 heterocycles. The molecule has 0 amide bonds. The highest BCUT2D eigenvalue weighted by atomic mass is 16.6. The summed E-state index contributed by atoms with van der Waals surface area (Å²) >= 11 is 0. The maximum atomic E-state index is 9.44. The summed E-state index contributed by atoms with van der Waals surface area (Å²) in [4.78, 5) is 0. The minimum Gasteiger partial charge on any atom is -0.394 e. The van der Waals surface area contributed by atoms with Gasteiger partial charge >= 0.3 is 0 Å². The molecule has 14 heavy (non-hydrogen) atoms. The molecule has 2 atom stereocenters. The van der Waals surface area contributed by atoms with Gasteiger partial charge in [0.05, 0.1) is 19.3 Å². The van der Waals surface area contributed by atoms with Crippen LogP contribution in [0.2, 0.25) is 0 Å². The Labute approximate surface area is 85.5 Å². The number of hydrogen-bond acceptors (Lipinski definition) is 4. The number of rotatable bonds is 9. The third-order valence-electron chi connectivity index (χ3n) is 2.04. The van der Waals surface area contributed by atoms with Gasteiger partial charge in [0.15, 0.2) is 6.29 Å². The Kier molecular flexibility index (Phi) is 9.29. The predicted molar refractivity (Wildman–Crippen MR) is 53.8 cm³/mol. The number of aliphatic hydroxyl groups excluding tert-OH is 3. The lowest BCUT2D eigenvalue weighted by molar-refractivity contribution is -0.115. The van der Waals surface area contributed by atoms with Crippen LogP contribution in [0, 0.1) is 0 Å². The molecule has 0 aliphatic heterocycles. The van der Waals surface area contributed by atoms with Crippen LogP contribution in [0.1, 0.15) is 39.0 Å². The molecule has 0 fully saturated rings. The smallest absolute Gasteiger partial charge is 0.154 e. The van der Waals surface area contributed by atoms with Crippen LogP contribution in [-0.2, 0) is 4.74 Å². The molecule has 0 bridgehead atoms. The maximum absolute atomic E-state index is 9.44. The fourth-order valence-electron chi connectivity index (χ4n) is 1.19. The Hall–Kier alpha value is -0.160. The molecule has 0 aromatic rings. The van der Waals surface area contributed by atoms with Gasteiger partial charge in [-0.05, 0) is 12.8 Å². The predicted octanol–water partition coefficient (Wildman–Crippen LogP) is 0.645. The molecule has 2 unspecified atom stereocenters. The second-order valence-electron chi connectivity index (χ2n) is 3.42. The van der Waals surface area contributed by atoms with Gasteiger partial charge < -0.3 is 20.1 Å². The van der Waals surface area contributed by atoms with Gasteiger partial charge in [-0.3, -0.25) is 0 Å². The third kappa shape index (κ3) is 8.44. The van der Waals surface area contributed by atoms with Crippen molar-refractivity contribution in [3.8, 4) is 0 Å². The van der Waals surface area contributed by atoms with Crippen LogP contribution >= 0.6 is 0 Å². The highest BCUT2D eigenvalue weighted by Crippen LogP contribution is 2.08. The largest absolute Gasteiger partial charge is 0.394 e. The molecule has 0 saturated heterocycles. The highest BCUT2D eigenvalue weighted by molar-refractivity contribution is 4.56. The van der Waals surface area contributed by atoms with E-state index in [0.717, 1.165) is 19.3 Å². The molecule has 0 saturated carbocycles. The van der Waals surface area contributed by atoms with Crippen molar-refractivity contribution in [1.82, 2.24) is 0 Å². The molecule has 0 spiro atoms. The van der Waals surface area contributed by atoms with Crippen LogP contribution in [0.5, 0.6) is 0 Å². The van der Waals surface area contributed by atoms with Crippen LogP contribution in [-0.4, -0.2) is 40.9 Å². The fraction of sp³-hybridized carbons (Fsp3) is 1.00. The van der Waals surface area contributed by atoms with E-state index in [1.165, 1.54) is 0 Å². The lowest BCUT2D eigenvalue weighted by Gasteiger charge is -2.14. The van der Waals surface area contributed by atoms with Gasteiger partial charge in [0.1, 0.15) is 0 Å². The van der Waals surface area contributed by atoms with E-state index >= 15 is 0 Å². The third-order valence-corrected chi connectivity index (χ3v) is 2.04. The van der Waals surface area contributed by atoms with Crippen molar-refractivity contribution < 1.29 is 20.1 Å². The van der Waals surface area contributed by atoms with E-state index < -0.39 is 6.29 Å². The van der Waals surface area contributed by atoms with Crippen LogP contribution in [0.15, 0.2) is 0 Å². The van der Waals surface area contributed by atoms with E-state index in [9.17, 15) is 10.2 Å². The van der Waals surface area contributed by atoms with Crippen molar-refractivity contribution in [3.63, 3.8) is 0 Å². The Morgan fingerprint density at radius 2 is 1.86 bits per heavy atom. The highest BCUT2D eigenvalue weighted by Gasteiger charge is 2.08. The van der Waals surface area contributed by atoms with Crippen molar-refractivity contribution in [1.29, 1.82) is 0 Å². The number of ether oxygens (including phenoxy) is 1. The van der Waals surface area contributed by atoms with Gasteiger partial charge in [-0.25, -0.2) is 0 Å². The summed E-state index contributed by atoms with van der Waals surface area (Å²) in [6, 6.07) is 0. The average molecular weight is 206 g/mol.